The lowest BCUT2D eigenvalue weighted by Crippen LogP contribution is -2.39. The van der Waals surface area contributed by atoms with E-state index in [4.69, 9.17) is 21.1 Å². The number of hydrogen-bond acceptors (Lipinski definition) is 3. The fourth-order valence-electron chi connectivity index (χ4n) is 2.74. The van der Waals surface area contributed by atoms with Crippen LogP contribution in [0.2, 0.25) is 5.02 Å². The highest BCUT2D eigenvalue weighted by atomic mass is 35.5. The van der Waals surface area contributed by atoms with E-state index in [2.05, 4.69) is 5.32 Å². The molecule has 27 heavy (non-hydrogen) atoms. The number of rotatable bonds is 8. The lowest BCUT2D eigenvalue weighted by atomic mass is 10.1. The number of para-hydroxylation sites is 1. The lowest BCUT2D eigenvalue weighted by molar-refractivity contribution is -0.128. The van der Waals surface area contributed by atoms with Gasteiger partial charge in [-0.05, 0) is 41.5 Å². The van der Waals surface area contributed by atoms with Crippen molar-refractivity contribution in [1.29, 1.82) is 0 Å². The first-order valence-electron chi connectivity index (χ1n) is 8.98. The average Bonchev–Trinajstić information content (AvgIpc) is 2.70. The van der Waals surface area contributed by atoms with Crippen LogP contribution in [0, 0.1) is 0 Å². The topological polar surface area (TPSA) is 47.6 Å². The fourth-order valence-corrected chi connectivity index (χ4v) is 2.93. The molecule has 3 aromatic carbocycles. The molecule has 1 atom stereocenters. The van der Waals surface area contributed by atoms with Crippen molar-refractivity contribution in [2.45, 2.75) is 19.4 Å². The Hall–Kier alpha value is -2.72. The van der Waals surface area contributed by atoms with Crippen LogP contribution in [0.25, 0.3) is 10.8 Å². The van der Waals surface area contributed by atoms with Gasteiger partial charge in [0.05, 0.1) is 11.6 Å². The quantitative estimate of drug-likeness (QED) is 0.566. The molecule has 0 aliphatic rings. The maximum absolute atomic E-state index is 12.4. The molecule has 0 bridgehead atoms. The summed E-state index contributed by atoms with van der Waals surface area (Å²) in [5.41, 5.74) is 0. The van der Waals surface area contributed by atoms with Crippen molar-refractivity contribution in [3.63, 3.8) is 0 Å². The van der Waals surface area contributed by atoms with Gasteiger partial charge in [-0.2, -0.15) is 0 Å². The summed E-state index contributed by atoms with van der Waals surface area (Å²) in [7, 11) is 0. The molecule has 0 aliphatic heterocycles. The van der Waals surface area contributed by atoms with Crippen molar-refractivity contribution in [3.8, 4) is 11.5 Å². The monoisotopic (exact) mass is 383 g/mol. The highest BCUT2D eigenvalue weighted by molar-refractivity contribution is 6.32. The lowest BCUT2D eigenvalue weighted by Gasteiger charge is -2.18. The number of amides is 1. The van der Waals surface area contributed by atoms with E-state index in [1.807, 2.05) is 61.5 Å². The van der Waals surface area contributed by atoms with Gasteiger partial charge in [0.25, 0.3) is 5.91 Å². The van der Waals surface area contributed by atoms with Crippen LogP contribution < -0.4 is 14.8 Å². The molecule has 0 fully saturated rings. The van der Waals surface area contributed by atoms with Crippen molar-refractivity contribution in [2.24, 2.45) is 0 Å². The number of carbonyl (C=O) groups excluding carboxylic acids is 1. The van der Waals surface area contributed by atoms with Crippen LogP contribution in [0.3, 0.4) is 0 Å². The molecule has 5 heteroatoms. The normalized spacial score (nSPS) is 11.8. The Balaban J connectivity index is 1.51. The summed E-state index contributed by atoms with van der Waals surface area (Å²) in [5.74, 6) is 1.13. The molecule has 0 saturated heterocycles. The van der Waals surface area contributed by atoms with Crippen LogP contribution in [0.5, 0.6) is 11.5 Å². The average molecular weight is 384 g/mol. The molecule has 3 rings (SSSR count). The molecule has 1 unspecified atom stereocenters. The van der Waals surface area contributed by atoms with E-state index in [9.17, 15) is 4.79 Å². The van der Waals surface area contributed by atoms with Gasteiger partial charge in [0.2, 0.25) is 0 Å². The Morgan fingerprint density at radius 3 is 2.56 bits per heavy atom. The maximum atomic E-state index is 12.4. The Bertz CT molecular complexity index is 913. The predicted octanol–water partition coefficient (Wildman–Crippen LogP) is 4.85. The Morgan fingerprint density at radius 1 is 1.04 bits per heavy atom. The molecule has 4 nitrogen and oxygen atoms in total. The molecule has 0 heterocycles. The van der Waals surface area contributed by atoms with Crippen LogP contribution >= 0.6 is 11.6 Å². The van der Waals surface area contributed by atoms with Gasteiger partial charge in [-0.3, -0.25) is 4.79 Å². The van der Waals surface area contributed by atoms with Gasteiger partial charge >= 0.3 is 0 Å². The minimum atomic E-state index is -0.550. The zero-order valence-corrected chi connectivity index (χ0v) is 15.9. The maximum Gasteiger partial charge on any atom is 0.261 e. The van der Waals surface area contributed by atoms with Crippen molar-refractivity contribution in [2.75, 3.05) is 13.2 Å². The molecule has 0 spiro atoms. The first-order chi connectivity index (χ1) is 13.2. The summed E-state index contributed by atoms with van der Waals surface area (Å²) < 4.78 is 11.5. The molecule has 140 valence electrons. The third-order valence-electron chi connectivity index (χ3n) is 4.16. The van der Waals surface area contributed by atoms with Crippen molar-refractivity contribution in [1.82, 2.24) is 5.32 Å². The highest BCUT2D eigenvalue weighted by Crippen LogP contribution is 2.23. The Labute approximate surface area is 164 Å². The zero-order chi connectivity index (χ0) is 19.1. The molecule has 0 aromatic heterocycles. The first-order valence-corrected chi connectivity index (χ1v) is 9.35. The standard InChI is InChI=1S/C22H22ClNO3/c1-2-20(27-18-12-11-16-7-3-4-8-17(16)15-18)22(25)24-13-14-26-21-10-6-5-9-19(21)23/h3-12,15,20H,2,13-14H2,1H3,(H,24,25). The summed E-state index contributed by atoms with van der Waals surface area (Å²) in [4.78, 5) is 12.4. The largest absolute Gasteiger partial charge is 0.490 e. The minimum Gasteiger partial charge on any atom is -0.490 e. The molecule has 0 radical (unpaired) electrons. The van der Waals surface area contributed by atoms with E-state index in [-0.39, 0.29) is 5.91 Å². The highest BCUT2D eigenvalue weighted by Gasteiger charge is 2.18. The van der Waals surface area contributed by atoms with E-state index in [1.54, 1.807) is 12.1 Å². The summed E-state index contributed by atoms with van der Waals surface area (Å²) in [6, 6.07) is 21.1. The SMILES string of the molecule is CCC(Oc1ccc2ccccc2c1)C(=O)NCCOc1ccccc1Cl. The number of halogens is 1. The van der Waals surface area contributed by atoms with Crippen LogP contribution in [-0.2, 0) is 4.79 Å². The molecule has 0 aliphatic carbocycles. The van der Waals surface area contributed by atoms with E-state index in [0.29, 0.717) is 36.1 Å². The second-order valence-electron chi connectivity index (χ2n) is 6.09. The minimum absolute atomic E-state index is 0.159. The van der Waals surface area contributed by atoms with Gasteiger partial charge in [0.15, 0.2) is 6.10 Å². The summed E-state index contributed by atoms with van der Waals surface area (Å²) in [6.07, 6.45) is 0.0239. The van der Waals surface area contributed by atoms with Gasteiger partial charge in [0, 0.05) is 0 Å². The first kappa shape index (κ1) is 19.1. The van der Waals surface area contributed by atoms with E-state index in [0.717, 1.165) is 10.8 Å². The summed E-state index contributed by atoms with van der Waals surface area (Å²) in [6.45, 7) is 2.63. The van der Waals surface area contributed by atoms with Gasteiger partial charge in [-0.1, -0.05) is 61.0 Å². The second-order valence-corrected chi connectivity index (χ2v) is 6.50. The van der Waals surface area contributed by atoms with Crippen LogP contribution in [0.1, 0.15) is 13.3 Å². The van der Waals surface area contributed by atoms with Crippen LogP contribution in [-0.4, -0.2) is 25.2 Å². The van der Waals surface area contributed by atoms with E-state index < -0.39 is 6.10 Å². The molecule has 1 amide bonds. The van der Waals surface area contributed by atoms with Crippen molar-refractivity contribution >= 4 is 28.3 Å². The number of benzene rings is 3. The molecular weight excluding hydrogens is 362 g/mol. The fraction of sp³-hybridized carbons (Fsp3) is 0.227. The number of nitrogens with one attached hydrogen (secondary N) is 1. The van der Waals surface area contributed by atoms with Gasteiger partial charge in [0.1, 0.15) is 18.1 Å². The van der Waals surface area contributed by atoms with Gasteiger partial charge < -0.3 is 14.8 Å². The van der Waals surface area contributed by atoms with Gasteiger partial charge in [-0.15, -0.1) is 0 Å². The zero-order valence-electron chi connectivity index (χ0n) is 15.2. The number of ether oxygens (including phenoxy) is 2. The predicted molar refractivity (Wildman–Crippen MR) is 109 cm³/mol. The van der Waals surface area contributed by atoms with Crippen LogP contribution in [0.4, 0.5) is 0 Å². The number of carbonyl (C=O) groups is 1. The molecular formula is C22H22ClNO3. The second kappa shape index (κ2) is 9.28. The summed E-state index contributed by atoms with van der Waals surface area (Å²) in [5, 5.41) is 5.62. The third-order valence-corrected chi connectivity index (χ3v) is 4.47. The molecule has 3 aromatic rings. The van der Waals surface area contributed by atoms with Crippen molar-refractivity contribution in [3.05, 3.63) is 71.8 Å². The Morgan fingerprint density at radius 2 is 1.78 bits per heavy atom. The van der Waals surface area contributed by atoms with E-state index in [1.165, 1.54) is 0 Å². The Kier molecular flexibility index (Phi) is 6.55. The van der Waals surface area contributed by atoms with E-state index >= 15 is 0 Å². The van der Waals surface area contributed by atoms with Crippen LogP contribution in [0.15, 0.2) is 66.7 Å². The van der Waals surface area contributed by atoms with Gasteiger partial charge in [-0.25, -0.2) is 0 Å². The smallest absolute Gasteiger partial charge is 0.261 e. The summed E-state index contributed by atoms with van der Waals surface area (Å²) >= 11 is 6.04. The molecule has 1 N–H and O–H groups in total. The number of fused-ring (bicyclic) bond motifs is 1. The number of hydrogen-bond donors (Lipinski definition) is 1. The van der Waals surface area contributed by atoms with Crippen molar-refractivity contribution < 1.29 is 14.3 Å². The third kappa shape index (κ3) is 5.14. The molecule has 0 saturated carbocycles.